The van der Waals surface area contributed by atoms with Crippen LogP contribution < -0.4 is 31.4 Å². The average molecular weight is 447 g/mol. The molecule has 0 aliphatic carbocycles. The largest absolute Gasteiger partial charge is 0.493 e. The van der Waals surface area contributed by atoms with E-state index in [9.17, 15) is 14.4 Å². The second kappa shape index (κ2) is 10.9. The summed E-state index contributed by atoms with van der Waals surface area (Å²) in [4.78, 5) is 42.0. The minimum absolute atomic E-state index is 0.000380. The van der Waals surface area contributed by atoms with Crippen molar-refractivity contribution in [3.63, 3.8) is 0 Å². The number of methoxy groups -OCH3 is 2. The molecule has 176 valence electrons. The lowest BCUT2D eigenvalue weighted by molar-refractivity contribution is -0.118. The number of carbonyl (C=O) groups excluding carboxylic acids is 1. The van der Waals surface area contributed by atoms with Crippen LogP contribution in [0.4, 0.5) is 11.5 Å². The van der Waals surface area contributed by atoms with Crippen LogP contribution in [0.15, 0.2) is 27.8 Å². The van der Waals surface area contributed by atoms with Crippen molar-refractivity contribution in [2.45, 2.75) is 47.1 Å². The molecule has 9 nitrogen and oxygen atoms in total. The van der Waals surface area contributed by atoms with Crippen molar-refractivity contribution in [1.29, 1.82) is 0 Å². The molecule has 1 heterocycles. The van der Waals surface area contributed by atoms with Crippen LogP contribution in [0.2, 0.25) is 0 Å². The maximum atomic E-state index is 13.3. The van der Waals surface area contributed by atoms with E-state index in [1.165, 1.54) is 9.47 Å². The van der Waals surface area contributed by atoms with Gasteiger partial charge >= 0.3 is 5.69 Å². The molecule has 2 aromatic rings. The van der Waals surface area contributed by atoms with Gasteiger partial charge in [0.1, 0.15) is 5.82 Å². The first-order valence-electron chi connectivity index (χ1n) is 10.7. The highest BCUT2D eigenvalue weighted by Crippen LogP contribution is 2.31. The third-order valence-corrected chi connectivity index (χ3v) is 4.97. The SMILES string of the molecule is COc1cccc(CCC(=O)N(CC(C)C)c2c(N)n(CC(C)C)c(=O)[nH]c2=O)c1OC. The summed E-state index contributed by atoms with van der Waals surface area (Å²) in [5, 5.41) is 0. The third-order valence-electron chi connectivity index (χ3n) is 4.97. The maximum Gasteiger partial charge on any atom is 0.330 e. The minimum atomic E-state index is -0.666. The molecule has 0 unspecified atom stereocenters. The number of aryl methyl sites for hydroxylation is 1. The Labute approximate surface area is 188 Å². The van der Waals surface area contributed by atoms with E-state index in [1.807, 2.05) is 39.8 Å². The van der Waals surface area contributed by atoms with Gasteiger partial charge in [0.05, 0.1) is 14.2 Å². The van der Waals surface area contributed by atoms with Crippen molar-refractivity contribution in [1.82, 2.24) is 9.55 Å². The molecule has 0 saturated carbocycles. The van der Waals surface area contributed by atoms with Crippen molar-refractivity contribution in [3.05, 3.63) is 44.6 Å². The zero-order chi connectivity index (χ0) is 24.0. The van der Waals surface area contributed by atoms with Crippen molar-refractivity contribution >= 4 is 17.4 Å². The number of aromatic amines is 1. The van der Waals surface area contributed by atoms with Crippen LogP contribution in [0.25, 0.3) is 0 Å². The number of nitrogens with one attached hydrogen (secondary N) is 1. The summed E-state index contributed by atoms with van der Waals surface area (Å²) in [6.45, 7) is 8.39. The quantitative estimate of drug-likeness (QED) is 0.578. The molecular formula is C23H34N4O5. The number of nitrogens with two attached hydrogens (primary N) is 1. The van der Waals surface area contributed by atoms with E-state index in [0.717, 1.165) is 5.56 Å². The van der Waals surface area contributed by atoms with Gasteiger partial charge in [-0.3, -0.25) is 19.1 Å². The maximum absolute atomic E-state index is 13.3. The second-order valence-corrected chi connectivity index (χ2v) is 8.55. The van der Waals surface area contributed by atoms with Crippen LogP contribution in [0.5, 0.6) is 11.5 Å². The first-order valence-corrected chi connectivity index (χ1v) is 10.7. The summed E-state index contributed by atoms with van der Waals surface area (Å²) in [7, 11) is 3.10. The number of hydrogen-bond acceptors (Lipinski definition) is 6. The van der Waals surface area contributed by atoms with E-state index in [0.29, 0.717) is 31.0 Å². The molecule has 3 N–H and O–H groups in total. The van der Waals surface area contributed by atoms with E-state index in [2.05, 4.69) is 4.98 Å². The number of H-pyrrole nitrogens is 1. The van der Waals surface area contributed by atoms with Crippen molar-refractivity contribution < 1.29 is 14.3 Å². The smallest absolute Gasteiger partial charge is 0.330 e. The Morgan fingerprint density at radius 1 is 1.12 bits per heavy atom. The van der Waals surface area contributed by atoms with E-state index >= 15 is 0 Å². The summed E-state index contributed by atoms with van der Waals surface area (Å²) in [5.41, 5.74) is 5.84. The molecule has 0 saturated heterocycles. The number of carbonyl (C=O) groups is 1. The standard InChI is InChI=1S/C23H34N4O5/c1-14(2)12-26(19-21(24)27(13-15(3)4)23(30)25-22(19)29)18(28)11-10-16-8-7-9-17(31-5)20(16)32-6/h7-9,14-15H,10-13,24H2,1-6H3,(H,25,29,30). The first kappa shape index (κ1) is 25.0. The number of aromatic nitrogens is 2. The van der Waals surface area contributed by atoms with E-state index in [-0.39, 0.29) is 35.7 Å². The molecule has 0 radical (unpaired) electrons. The lowest BCUT2D eigenvalue weighted by atomic mass is 10.1. The summed E-state index contributed by atoms with van der Waals surface area (Å²) in [6, 6.07) is 5.48. The predicted octanol–water partition coefficient (Wildman–Crippen LogP) is 2.41. The van der Waals surface area contributed by atoms with Gasteiger partial charge in [-0.25, -0.2) is 4.79 Å². The fourth-order valence-corrected chi connectivity index (χ4v) is 3.59. The molecule has 1 aromatic heterocycles. The number of anilines is 2. The number of benzene rings is 1. The summed E-state index contributed by atoms with van der Waals surface area (Å²) >= 11 is 0. The van der Waals surface area contributed by atoms with Gasteiger partial charge in [0.15, 0.2) is 17.2 Å². The molecule has 0 aliphatic rings. The lowest BCUT2D eigenvalue weighted by Gasteiger charge is -2.26. The highest BCUT2D eigenvalue weighted by Gasteiger charge is 2.25. The molecule has 0 spiro atoms. The van der Waals surface area contributed by atoms with Gasteiger partial charge in [0.25, 0.3) is 5.56 Å². The molecule has 0 aliphatic heterocycles. The average Bonchev–Trinajstić information content (AvgIpc) is 2.73. The Morgan fingerprint density at radius 3 is 2.38 bits per heavy atom. The molecule has 1 aromatic carbocycles. The van der Waals surface area contributed by atoms with Gasteiger partial charge in [-0.1, -0.05) is 39.8 Å². The fraction of sp³-hybridized carbons (Fsp3) is 0.522. The Bertz CT molecular complexity index is 1060. The number of amides is 1. The topological polar surface area (TPSA) is 120 Å². The molecule has 1 amide bonds. The van der Waals surface area contributed by atoms with Crippen LogP contribution >= 0.6 is 0 Å². The minimum Gasteiger partial charge on any atom is -0.493 e. The van der Waals surface area contributed by atoms with Crippen molar-refractivity contribution in [2.24, 2.45) is 11.8 Å². The van der Waals surface area contributed by atoms with Crippen molar-refractivity contribution in [3.8, 4) is 11.5 Å². The molecule has 0 bridgehead atoms. The number of para-hydroxylation sites is 1. The highest BCUT2D eigenvalue weighted by atomic mass is 16.5. The molecular weight excluding hydrogens is 412 g/mol. The Morgan fingerprint density at radius 2 is 1.81 bits per heavy atom. The van der Waals surface area contributed by atoms with Crippen molar-refractivity contribution in [2.75, 3.05) is 31.4 Å². The van der Waals surface area contributed by atoms with Gasteiger partial charge in [-0.2, -0.15) is 0 Å². The Kier molecular flexibility index (Phi) is 8.51. The highest BCUT2D eigenvalue weighted by molar-refractivity contribution is 5.95. The molecule has 0 atom stereocenters. The second-order valence-electron chi connectivity index (χ2n) is 8.55. The van der Waals surface area contributed by atoms with Crippen LogP contribution in [0.3, 0.4) is 0 Å². The van der Waals surface area contributed by atoms with Crippen LogP contribution in [0.1, 0.15) is 39.7 Å². The van der Waals surface area contributed by atoms with Crippen LogP contribution in [-0.4, -0.2) is 36.2 Å². The number of nitrogen functional groups attached to an aromatic ring is 1. The van der Waals surface area contributed by atoms with E-state index in [4.69, 9.17) is 15.2 Å². The zero-order valence-corrected chi connectivity index (χ0v) is 19.7. The van der Waals surface area contributed by atoms with Crippen LogP contribution in [-0.2, 0) is 17.8 Å². The van der Waals surface area contributed by atoms with E-state index < -0.39 is 11.2 Å². The van der Waals surface area contributed by atoms with Gasteiger partial charge in [-0.15, -0.1) is 0 Å². The lowest BCUT2D eigenvalue weighted by Crippen LogP contribution is -2.43. The number of nitrogens with zero attached hydrogens (tertiary/aromatic N) is 2. The normalized spacial score (nSPS) is 11.1. The van der Waals surface area contributed by atoms with Crippen LogP contribution in [0, 0.1) is 11.8 Å². The zero-order valence-electron chi connectivity index (χ0n) is 19.7. The van der Waals surface area contributed by atoms with Gasteiger partial charge in [-0.05, 0) is 29.9 Å². The number of rotatable bonds is 10. The van der Waals surface area contributed by atoms with Gasteiger partial charge in [0.2, 0.25) is 5.91 Å². The molecule has 32 heavy (non-hydrogen) atoms. The molecule has 2 rings (SSSR count). The Balaban J connectivity index is 2.42. The third kappa shape index (κ3) is 5.72. The number of hydrogen-bond donors (Lipinski definition) is 2. The fourth-order valence-electron chi connectivity index (χ4n) is 3.59. The first-order chi connectivity index (χ1) is 15.1. The predicted molar refractivity (Wildman–Crippen MR) is 126 cm³/mol. The van der Waals surface area contributed by atoms with Gasteiger partial charge in [0, 0.05) is 19.5 Å². The summed E-state index contributed by atoms with van der Waals surface area (Å²) in [5.74, 6) is 1.09. The summed E-state index contributed by atoms with van der Waals surface area (Å²) < 4.78 is 12.1. The number of ether oxygens (including phenoxy) is 2. The Hall–Kier alpha value is -3.23. The van der Waals surface area contributed by atoms with E-state index in [1.54, 1.807) is 20.3 Å². The summed E-state index contributed by atoms with van der Waals surface area (Å²) in [6.07, 6.45) is 0.510. The molecule has 9 heteroatoms. The molecule has 0 fully saturated rings. The van der Waals surface area contributed by atoms with Gasteiger partial charge < -0.3 is 20.1 Å². The monoisotopic (exact) mass is 446 g/mol.